The number of furan rings is 1. The fourth-order valence-electron chi connectivity index (χ4n) is 3.52. The molecule has 1 N–H and O–H groups in total. The minimum atomic E-state index is -0.538. The van der Waals surface area contributed by atoms with E-state index in [0.717, 1.165) is 10.1 Å². The van der Waals surface area contributed by atoms with Crippen LogP contribution in [0.1, 0.15) is 25.5 Å². The number of aromatic nitrogens is 2. The van der Waals surface area contributed by atoms with Gasteiger partial charge in [-0.15, -0.1) is 0 Å². The molecule has 7 nitrogen and oxygen atoms in total. The first-order valence-corrected chi connectivity index (χ1v) is 9.40. The first-order valence-electron chi connectivity index (χ1n) is 9.40. The van der Waals surface area contributed by atoms with Crippen LogP contribution in [0.3, 0.4) is 0 Å². The van der Waals surface area contributed by atoms with Crippen molar-refractivity contribution in [3.05, 3.63) is 74.9 Å². The topological polar surface area (TPSA) is 86.2 Å². The lowest BCUT2D eigenvalue weighted by molar-refractivity contribution is -0.116. The van der Waals surface area contributed by atoms with Gasteiger partial charge in [-0.05, 0) is 44.5 Å². The number of rotatable bonds is 4. The molecule has 29 heavy (non-hydrogen) atoms. The second-order valence-electron chi connectivity index (χ2n) is 7.28. The summed E-state index contributed by atoms with van der Waals surface area (Å²) >= 11 is 0. The molecule has 0 saturated carbocycles. The van der Waals surface area contributed by atoms with Crippen molar-refractivity contribution in [2.45, 2.75) is 33.4 Å². The molecule has 2 aromatic carbocycles. The molecule has 0 atom stereocenters. The van der Waals surface area contributed by atoms with Crippen LogP contribution < -0.4 is 16.6 Å². The van der Waals surface area contributed by atoms with E-state index in [-0.39, 0.29) is 24.1 Å². The van der Waals surface area contributed by atoms with Gasteiger partial charge in [0.15, 0.2) is 0 Å². The molecule has 2 heterocycles. The minimum Gasteiger partial charge on any atom is -0.449 e. The van der Waals surface area contributed by atoms with Gasteiger partial charge in [-0.3, -0.25) is 18.7 Å². The molecule has 1 amide bonds. The van der Waals surface area contributed by atoms with Crippen molar-refractivity contribution in [3.8, 4) is 0 Å². The number of nitrogens with zero attached hydrogens (tertiary/aromatic N) is 2. The summed E-state index contributed by atoms with van der Waals surface area (Å²) in [6, 6.07) is 14.1. The highest BCUT2D eigenvalue weighted by Gasteiger charge is 2.22. The maximum absolute atomic E-state index is 13.1. The molecule has 4 rings (SSSR count). The fourth-order valence-corrected chi connectivity index (χ4v) is 3.52. The molecule has 4 aromatic rings. The number of fused-ring (bicyclic) bond motifs is 3. The summed E-state index contributed by atoms with van der Waals surface area (Å²) in [5.41, 5.74) is 1.47. The molecule has 0 fully saturated rings. The SMILES string of the molecule is Cc1ccccc1NC(=O)Cn1c(=O)n(C(C)C)c(=O)c2oc3ccccc3c21. The van der Waals surface area contributed by atoms with Gasteiger partial charge < -0.3 is 9.73 Å². The van der Waals surface area contributed by atoms with Crippen LogP contribution in [-0.4, -0.2) is 15.0 Å². The molecule has 0 radical (unpaired) electrons. The first-order chi connectivity index (χ1) is 13.9. The number of carbonyl (C=O) groups excluding carboxylic acids is 1. The molecule has 148 valence electrons. The second kappa shape index (κ2) is 7.09. The van der Waals surface area contributed by atoms with Crippen LogP contribution in [0.5, 0.6) is 0 Å². The molecular formula is C22H21N3O4. The Balaban J connectivity index is 1.90. The molecule has 0 unspecified atom stereocenters. The minimum absolute atomic E-state index is 0.0724. The highest BCUT2D eigenvalue weighted by atomic mass is 16.3. The summed E-state index contributed by atoms with van der Waals surface area (Å²) in [7, 11) is 0. The van der Waals surface area contributed by atoms with E-state index in [1.807, 2.05) is 25.1 Å². The van der Waals surface area contributed by atoms with Crippen molar-refractivity contribution in [1.29, 1.82) is 0 Å². The summed E-state index contributed by atoms with van der Waals surface area (Å²) < 4.78 is 8.20. The average Bonchev–Trinajstić information content (AvgIpc) is 3.07. The monoisotopic (exact) mass is 391 g/mol. The third-order valence-corrected chi connectivity index (χ3v) is 4.93. The number of benzene rings is 2. The van der Waals surface area contributed by atoms with Gasteiger partial charge in [-0.1, -0.05) is 30.3 Å². The predicted octanol–water partition coefficient (Wildman–Crippen LogP) is 3.44. The van der Waals surface area contributed by atoms with Crippen molar-refractivity contribution in [2.75, 3.05) is 5.32 Å². The van der Waals surface area contributed by atoms with Crippen LogP contribution >= 0.6 is 0 Å². The van der Waals surface area contributed by atoms with Gasteiger partial charge in [0.25, 0.3) is 5.56 Å². The van der Waals surface area contributed by atoms with Crippen molar-refractivity contribution in [3.63, 3.8) is 0 Å². The molecule has 2 aromatic heterocycles. The Labute approximate surface area is 166 Å². The zero-order chi connectivity index (χ0) is 20.7. The highest BCUT2D eigenvalue weighted by molar-refractivity contribution is 6.03. The Hall–Kier alpha value is -3.61. The van der Waals surface area contributed by atoms with E-state index in [4.69, 9.17) is 4.42 Å². The van der Waals surface area contributed by atoms with Crippen LogP contribution in [0.2, 0.25) is 0 Å². The van der Waals surface area contributed by atoms with E-state index in [9.17, 15) is 14.4 Å². The van der Waals surface area contributed by atoms with Gasteiger partial charge in [0.1, 0.15) is 17.6 Å². The number of nitrogens with one attached hydrogen (secondary N) is 1. The Bertz CT molecular complexity index is 1360. The molecular weight excluding hydrogens is 370 g/mol. The maximum atomic E-state index is 13.1. The molecule has 0 spiro atoms. The quantitative estimate of drug-likeness (QED) is 0.577. The zero-order valence-corrected chi connectivity index (χ0v) is 16.4. The molecule has 0 aliphatic carbocycles. The standard InChI is InChI=1S/C22H21N3O4/c1-13(2)25-21(27)20-19(15-9-5-7-11-17(15)29-20)24(22(25)28)12-18(26)23-16-10-6-4-8-14(16)3/h4-11,13H,12H2,1-3H3,(H,23,26). The van der Waals surface area contributed by atoms with Crippen LogP contribution in [0.4, 0.5) is 5.69 Å². The lowest BCUT2D eigenvalue weighted by Crippen LogP contribution is -2.42. The Morgan fingerprint density at radius 2 is 1.76 bits per heavy atom. The lowest BCUT2D eigenvalue weighted by Gasteiger charge is -2.14. The summed E-state index contributed by atoms with van der Waals surface area (Å²) in [5.74, 6) is -0.359. The Morgan fingerprint density at radius 1 is 1.07 bits per heavy atom. The Morgan fingerprint density at radius 3 is 2.48 bits per heavy atom. The summed E-state index contributed by atoms with van der Waals surface area (Å²) in [4.78, 5) is 38.8. The van der Waals surface area contributed by atoms with E-state index in [1.165, 1.54) is 4.57 Å². The van der Waals surface area contributed by atoms with Gasteiger partial charge in [-0.2, -0.15) is 0 Å². The normalized spacial score (nSPS) is 11.4. The molecule has 7 heteroatoms. The molecule has 0 bridgehead atoms. The second-order valence-corrected chi connectivity index (χ2v) is 7.28. The van der Waals surface area contributed by atoms with Crippen molar-refractivity contribution >= 4 is 33.7 Å². The van der Waals surface area contributed by atoms with E-state index < -0.39 is 11.2 Å². The van der Waals surface area contributed by atoms with E-state index >= 15 is 0 Å². The largest absolute Gasteiger partial charge is 0.449 e. The fraction of sp³-hybridized carbons (Fsp3) is 0.227. The van der Waals surface area contributed by atoms with Crippen molar-refractivity contribution in [2.24, 2.45) is 0 Å². The van der Waals surface area contributed by atoms with Crippen LogP contribution in [0.25, 0.3) is 22.1 Å². The molecule has 0 aliphatic heterocycles. The molecule has 0 saturated heterocycles. The van der Waals surface area contributed by atoms with Gasteiger partial charge >= 0.3 is 5.69 Å². The van der Waals surface area contributed by atoms with Crippen LogP contribution in [0, 0.1) is 6.92 Å². The average molecular weight is 391 g/mol. The predicted molar refractivity (Wildman–Crippen MR) is 112 cm³/mol. The lowest BCUT2D eigenvalue weighted by atomic mass is 10.2. The van der Waals surface area contributed by atoms with E-state index in [0.29, 0.717) is 22.2 Å². The van der Waals surface area contributed by atoms with Crippen molar-refractivity contribution < 1.29 is 9.21 Å². The number of para-hydroxylation sites is 2. The van der Waals surface area contributed by atoms with E-state index in [2.05, 4.69) is 5.32 Å². The summed E-state index contributed by atoms with van der Waals surface area (Å²) in [6.07, 6.45) is 0. The van der Waals surface area contributed by atoms with Gasteiger partial charge in [0.05, 0.1) is 0 Å². The van der Waals surface area contributed by atoms with Gasteiger partial charge in [0.2, 0.25) is 11.5 Å². The highest BCUT2D eigenvalue weighted by Crippen LogP contribution is 2.26. The van der Waals surface area contributed by atoms with Crippen LogP contribution in [-0.2, 0) is 11.3 Å². The maximum Gasteiger partial charge on any atom is 0.332 e. The number of amides is 1. The molecule has 0 aliphatic rings. The van der Waals surface area contributed by atoms with Gasteiger partial charge in [0, 0.05) is 17.1 Å². The zero-order valence-electron chi connectivity index (χ0n) is 16.4. The third-order valence-electron chi connectivity index (χ3n) is 4.93. The van der Waals surface area contributed by atoms with E-state index in [1.54, 1.807) is 44.2 Å². The smallest absolute Gasteiger partial charge is 0.332 e. The first kappa shape index (κ1) is 18.7. The number of anilines is 1. The third kappa shape index (κ3) is 3.14. The Kier molecular flexibility index (Phi) is 4.58. The number of carbonyl (C=O) groups is 1. The number of hydrogen-bond acceptors (Lipinski definition) is 4. The summed E-state index contributed by atoms with van der Waals surface area (Å²) in [6.45, 7) is 5.15. The van der Waals surface area contributed by atoms with Crippen LogP contribution in [0.15, 0.2) is 62.5 Å². The van der Waals surface area contributed by atoms with Gasteiger partial charge in [-0.25, -0.2) is 4.79 Å². The number of hydrogen-bond donors (Lipinski definition) is 1. The van der Waals surface area contributed by atoms with Crippen molar-refractivity contribution in [1.82, 2.24) is 9.13 Å². The summed E-state index contributed by atoms with van der Waals surface area (Å²) in [5, 5.41) is 3.46. The number of aryl methyl sites for hydroxylation is 1.